The van der Waals surface area contributed by atoms with E-state index in [2.05, 4.69) is 15.5 Å². The number of nitrogens with one attached hydrogen (secondary N) is 1. The number of carbonyl (C=O) groups excluding carboxylic acids is 2. The molecule has 3 rings (SSSR count). The van der Waals surface area contributed by atoms with Gasteiger partial charge in [-0.3, -0.25) is 14.9 Å². The van der Waals surface area contributed by atoms with Crippen molar-refractivity contribution in [3.63, 3.8) is 0 Å². The second kappa shape index (κ2) is 10.3. The van der Waals surface area contributed by atoms with E-state index in [1.807, 2.05) is 30.3 Å². The smallest absolute Gasteiger partial charge is 0.329 e. The number of esters is 1. The fraction of sp³-hybridized carbons (Fsp3) is 0.273. The summed E-state index contributed by atoms with van der Waals surface area (Å²) in [6, 6.07) is 14.0. The first-order chi connectivity index (χ1) is 15.3. The van der Waals surface area contributed by atoms with Crippen molar-refractivity contribution in [3.05, 3.63) is 76.2 Å². The second-order valence-corrected chi connectivity index (χ2v) is 7.36. The van der Waals surface area contributed by atoms with E-state index in [0.29, 0.717) is 5.56 Å². The van der Waals surface area contributed by atoms with Gasteiger partial charge in [0.05, 0.1) is 11.3 Å². The standard InChI is InChI=1S/C22H22N4O6/c1-14(2)20(23-18(27)12-15-6-4-3-5-7-15)22(28)31-13-19-24-25-21(32-19)16-8-10-17(11-9-16)26(29)30/h3-11,14,20H,12-13H2,1-2H3,(H,23,27). The maximum absolute atomic E-state index is 12.5. The quantitative estimate of drug-likeness (QED) is 0.306. The molecule has 1 atom stereocenters. The predicted octanol–water partition coefficient (Wildman–Crippen LogP) is 3.07. The zero-order chi connectivity index (χ0) is 23.1. The monoisotopic (exact) mass is 438 g/mol. The number of nitro benzene ring substituents is 1. The molecule has 0 saturated carbocycles. The largest absolute Gasteiger partial charge is 0.454 e. The number of ether oxygens (including phenoxy) is 1. The molecule has 0 saturated heterocycles. The summed E-state index contributed by atoms with van der Waals surface area (Å²) in [6.45, 7) is 3.33. The molecule has 1 amide bonds. The first-order valence-corrected chi connectivity index (χ1v) is 9.90. The van der Waals surface area contributed by atoms with Gasteiger partial charge in [-0.25, -0.2) is 4.79 Å². The number of amides is 1. The summed E-state index contributed by atoms with van der Waals surface area (Å²) in [7, 11) is 0. The Balaban J connectivity index is 1.57. The molecule has 32 heavy (non-hydrogen) atoms. The summed E-state index contributed by atoms with van der Waals surface area (Å²) in [5.74, 6) is -0.894. The van der Waals surface area contributed by atoms with Gasteiger partial charge in [-0.2, -0.15) is 0 Å². The Labute approximate surface area is 183 Å². The summed E-state index contributed by atoms with van der Waals surface area (Å²) < 4.78 is 10.7. The zero-order valence-corrected chi connectivity index (χ0v) is 17.6. The summed E-state index contributed by atoms with van der Waals surface area (Å²) in [5, 5.41) is 21.1. The van der Waals surface area contributed by atoms with E-state index in [9.17, 15) is 19.7 Å². The topological polar surface area (TPSA) is 137 Å². The molecule has 10 heteroatoms. The van der Waals surface area contributed by atoms with Gasteiger partial charge in [-0.05, 0) is 23.6 Å². The third-order valence-electron chi connectivity index (χ3n) is 4.57. The van der Waals surface area contributed by atoms with Gasteiger partial charge in [0.2, 0.25) is 11.8 Å². The minimum absolute atomic E-state index is 0.0588. The van der Waals surface area contributed by atoms with E-state index >= 15 is 0 Å². The maximum atomic E-state index is 12.5. The van der Waals surface area contributed by atoms with E-state index in [4.69, 9.17) is 9.15 Å². The molecule has 0 aliphatic carbocycles. The highest BCUT2D eigenvalue weighted by atomic mass is 16.6. The Morgan fingerprint density at radius 2 is 1.78 bits per heavy atom. The summed E-state index contributed by atoms with van der Waals surface area (Å²) in [6.07, 6.45) is 0.152. The number of non-ortho nitro benzene ring substituents is 1. The third-order valence-corrected chi connectivity index (χ3v) is 4.57. The zero-order valence-electron chi connectivity index (χ0n) is 17.6. The number of nitro groups is 1. The predicted molar refractivity (Wildman–Crippen MR) is 113 cm³/mol. The minimum atomic E-state index is -0.830. The van der Waals surface area contributed by atoms with Crippen molar-refractivity contribution >= 4 is 17.6 Å². The molecular formula is C22H22N4O6. The lowest BCUT2D eigenvalue weighted by atomic mass is 10.0. The molecule has 166 valence electrons. The highest BCUT2D eigenvalue weighted by Gasteiger charge is 2.26. The lowest BCUT2D eigenvalue weighted by Crippen LogP contribution is -2.45. The van der Waals surface area contributed by atoms with Crippen molar-refractivity contribution < 1.29 is 23.7 Å². The number of benzene rings is 2. The Kier molecular flexibility index (Phi) is 7.27. The fourth-order valence-electron chi connectivity index (χ4n) is 2.88. The average molecular weight is 438 g/mol. The van der Waals surface area contributed by atoms with Crippen molar-refractivity contribution in [2.75, 3.05) is 0 Å². The van der Waals surface area contributed by atoms with E-state index in [-0.39, 0.29) is 42.3 Å². The molecule has 1 heterocycles. The van der Waals surface area contributed by atoms with Gasteiger partial charge < -0.3 is 14.5 Å². The molecular weight excluding hydrogens is 416 g/mol. The van der Waals surface area contributed by atoms with Crippen LogP contribution in [0, 0.1) is 16.0 Å². The van der Waals surface area contributed by atoms with Crippen LogP contribution >= 0.6 is 0 Å². The van der Waals surface area contributed by atoms with Crippen LogP contribution in [-0.4, -0.2) is 33.0 Å². The molecule has 0 aliphatic rings. The van der Waals surface area contributed by atoms with Gasteiger partial charge in [0.1, 0.15) is 6.04 Å². The summed E-state index contributed by atoms with van der Waals surface area (Å²) in [4.78, 5) is 35.1. The van der Waals surface area contributed by atoms with Gasteiger partial charge >= 0.3 is 5.97 Å². The molecule has 0 radical (unpaired) electrons. The third kappa shape index (κ3) is 5.97. The highest BCUT2D eigenvalue weighted by Crippen LogP contribution is 2.21. The van der Waals surface area contributed by atoms with Crippen LogP contribution in [0.15, 0.2) is 59.0 Å². The number of rotatable bonds is 9. The number of carbonyl (C=O) groups is 2. The lowest BCUT2D eigenvalue weighted by molar-refractivity contribution is -0.384. The summed E-state index contributed by atoms with van der Waals surface area (Å²) >= 11 is 0. The van der Waals surface area contributed by atoms with Crippen molar-refractivity contribution in [2.24, 2.45) is 5.92 Å². The number of hydrogen-bond acceptors (Lipinski definition) is 8. The van der Waals surface area contributed by atoms with Crippen LogP contribution in [0.3, 0.4) is 0 Å². The van der Waals surface area contributed by atoms with Crippen LogP contribution in [0.5, 0.6) is 0 Å². The molecule has 1 aromatic heterocycles. The second-order valence-electron chi connectivity index (χ2n) is 7.36. The molecule has 10 nitrogen and oxygen atoms in total. The first-order valence-electron chi connectivity index (χ1n) is 9.90. The van der Waals surface area contributed by atoms with Gasteiger partial charge in [-0.15, -0.1) is 10.2 Å². The van der Waals surface area contributed by atoms with Crippen molar-refractivity contribution in [2.45, 2.75) is 32.9 Å². The molecule has 0 fully saturated rings. The van der Waals surface area contributed by atoms with Gasteiger partial charge in [0.25, 0.3) is 11.6 Å². The first kappa shape index (κ1) is 22.6. The van der Waals surface area contributed by atoms with Gasteiger partial charge in [0, 0.05) is 17.7 Å². The van der Waals surface area contributed by atoms with E-state index in [0.717, 1.165) is 5.56 Å². The van der Waals surface area contributed by atoms with Crippen molar-refractivity contribution in [1.29, 1.82) is 0 Å². The van der Waals surface area contributed by atoms with Crippen LogP contribution in [0.2, 0.25) is 0 Å². The maximum Gasteiger partial charge on any atom is 0.329 e. The Morgan fingerprint density at radius 1 is 1.09 bits per heavy atom. The van der Waals surface area contributed by atoms with E-state index < -0.39 is 16.9 Å². The average Bonchev–Trinajstić information content (AvgIpc) is 3.25. The Morgan fingerprint density at radius 3 is 2.41 bits per heavy atom. The molecule has 0 aliphatic heterocycles. The Bertz CT molecular complexity index is 1080. The fourth-order valence-corrected chi connectivity index (χ4v) is 2.88. The van der Waals surface area contributed by atoms with Crippen molar-refractivity contribution in [3.8, 4) is 11.5 Å². The highest BCUT2D eigenvalue weighted by molar-refractivity contribution is 5.85. The SMILES string of the molecule is CC(C)C(NC(=O)Cc1ccccc1)C(=O)OCc1nnc(-c2ccc([N+](=O)[O-])cc2)o1. The van der Waals surface area contributed by atoms with E-state index in [1.165, 1.54) is 24.3 Å². The van der Waals surface area contributed by atoms with Gasteiger partial charge in [-0.1, -0.05) is 44.2 Å². The lowest BCUT2D eigenvalue weighted by Gasteiger charge is -2.20. The molecule has 1 unspecified atom stereocenters. The van der Waals surface area contributed by atoms with Crippen LogP contribution < -0.4 is 5.32 Å². The van der Waals surface area contributed by atoms with Crippen LogP contribution in [-0.2, 0) is 27.4 Å². The molecule has 0 bridgehead atoms. The molecule has 2 aromatic carbocycles. The van der Waals surface area contributed by atoms with Crippen LogP contribution in [0.25, 0.3) is 11.5 Å². The van der Waals surface area contributed by atoms with Crippen molar-refractivity contribution in [1.82, 2.24) is 15.5 Å². The number of nitrogens with zero attached hydrogens (tertiary/aromatic N) is 3. The summed E-state index contributed by atoms with van der Waals surface area (Å²) in [5.41, 5.74) is 1.27. The van der Waals surface area contributed by atoms with Crippen LogP contribution in [0.4, 0.5) is 5.69 Å². The van der Waals surface area contributed by atoms with Crippen LogP contribution in [0.1, 0.15) is 25.3 Å². The Hall–Kier alpha value is -4.08. The molecule has 3 aromatic rings. The minimum Gasteiger partial charge on any atom is -0.454 e. The molecule has 0 spiro atoms. The number of hydrogen-bond donors (Lipinski definition) is 1. The normalized spacial score (nSPS) is 11.7. The van der Waals surface area contributed by atoms with E-state index in [1.54, 1.807) is 13.8 Å². The molecule has 1 N–H and O–H groups in total. The van der Waals surface area contributed by atoms with Gasteiger partial charge in [0.15, 0.2) is 6.61 Å². The number of aromatic nitrogens is 2.